The summed E-state index contributed by atoms with van der Waals surface area (Å²) in [5, 5.41) is 9.97. The molecule has 0 unspecified atom stereocenters. The van der Waals surface area contributed by atoms with Gasteiger partial charge in [0.2, 0.25) is 0 Å². The zero-order valence-electron chi connectivity index (χ0n) is 12.1. The van der Waals surface area contributed by atoms with Crippen LogP contribution in [-0.4, -0.2) is 21.7 Å². The lowest BCUT2D eigenvalue weighted by Crippen LogP contribution is -2.24. The topological polar surface area (TPSA) is 75.2 Å². The molecule has 21 heavy (non-hydrogen) atoms. The molecule has 1 aliphatic heterocycles. The van der Waals surface area contributed by atoms with E-state index in [1.165, 1.54) is 0 Å². The fourth-order valence-corrected chi connectivity index (χ4v) is 2.42. The van der Waals surface area contributed by atoms with Crippen molar-refractivity contribution in [3.05, 3.63) is 51.4 Å². The Bertz CT molecular complexity index is 712. The molecule has 1 aromatic heterocycles. The van der Waals surface area contributed by atoms with Gasteiger partial charge in [-0.15, -0.1) is 0 Å². The SMILES string of the molecule is CC(C)(O)c1ccc(-c2nc3c(c(=O)[nH]2)COCC3)cc1. The van der Waals surface area contributed by atoms with Crippen LogP contribution in [0.5, 0.6) is 0 Å². The molecule has 0 aliphatic carbocycles. The third-order valence-corrected chi connectivity index (χ3v) is 3.70. The quantitative estimate of drug-likeness (QED) is 0.881. The molecule has 2 N–H and O–H groups in total. The maximum atomic E-state index is 12.1. The zero-order chi connectivity index (χ0) is 15.0. The number of ether oxygens (including phenoxy) is 1. The van der Waals surface area contributed by atoms with Crippen LogP contribution in [0.3, 0.4) is 0 Å². The number of fused-ring (bicyclic) bond motifs is 1. The monoisotopic (exact) mass is 286 g/mol. The van der Waals surface area contributed by atoms with Crippen molar-refractivity contribution in [3.63, 3.8) is 0 Å². The van der Waals surface area contributed by atoms with Crippen molar-refractivity contribution in [2.45, 2.75) is 32.5 Å². The summed E-state index contributed by atoms with van der Waals surface area (Å²) >= 11 is 0. The molecule has 0 saturated heterocycles. The second-order valence-corrected chi connectivity index (χ2v) is 5.78. The Morgan fingerprint density at radius 3 is 2.67 bits per heavy atom. The van der Waals surface area contributed by atoms with Crippen molar-refractivity contribution >= 4 is 0 Å². The molecule has 1 aromatic carbocycles. The van der Waals surface area contributed by atoms with E-state index in [2.05, 4.69) is 9.97 Å². The largest absolute Gasteiger partial charge is 0.386 e. The van der Waals surface area contributed by atoms with Gasteiger partial charge in [0.25, 0.3) is 5.56 Å². The molecule has 0 amide bonds. The van der Waals surface area contributed by atoms with Crippen molar-refractivity contribution in [2.75, 3.05) is 6.61 Å². The van der Waals surface area contributed by atoms with Gasteiger partial charge in [0.05, 0.1) is 30.1 Å². The van der Waals surface area contributed by atoms with Crippen LogP contribution >= 0.6 is 0 Å². The number of aromatic amines is 1. The van der Waals surface area contributed by atoms with Gasteiger partial charge in [-0.25, -0.2) is 4.98 Å². The van der Waals surface area contributed by atoms with Crippen molar-refractivity contribution in [2.24, 2.45) is 0 Å². The van der Waals surface area contributed by atoms with Gasteiger partial charge >= 0.3 is 0 Å². The summed E-state index contributed by atoms with van der Waals surface area (Å²) in [5.74, 6) is 0.558. The number of hydrogen-bond donors (Lipinski definition) is 2. The van der Waals surface area contributed by atoms with E-state index < -0.39 is 5.60 Å². The second-order valence-electron chi connectivity index (χ2n) is 5.78. The Labute approximate surface area is 122 Å². The first-order chi connectivity index (χ1) is 9.95. The summed E-state index contributed by atoms with van der Waals surface area (Å²) in [5.41, 5.74) is 2.06. The smallest absolute Gasteiger partial charge is 0.256 e. The Kier molecular flexibility index (Phi) is 3.39. The molecule has 2 heterocycles. The van der Waals surface area contributed by atoms with E-state index in [0.717, 1.165) is 16.8 Å². The van der Waals surface area contributed by atoms with Gasteiger partial charge < -0.3 is 14.8 Å². The van der Waals surface area contributed by atoms with E-state index in [4.69, 9.17) is 4.74 Å². The number of aliphatic hydroxyl groups is 1. The van der Waals surface area contributed by atoms with Crippen LogP contribution in [0.1, 0.15) is 30.7 Å². The first kappa shape index (κ1) is 14.0. The standard InChI is InChI=1S/C16H18N2O3/c1-16(2,20)11-5-3-10(4-6-11)14-17-13-7-8-21-9-12(13)15(19)18-14/h3-6,20H,7-9H2,1-2H3,(H,17,18,19). The van der Waals surface area contributed by atoms with Gasteiger partial charge in [0.1, 0.15) is 5.82 Å². The van der Waals surface area contributed by atoms with Crippen LogP contribution in [0, 0.1) is 0 Å². The molecule has 0 radical (unpaired) electrons. The molecule has 3 rings (SSSR count). The van der Waals surface area contributed by atoms with E-state index >= 15 is 0 Å². The predicted octanol–water partition coefficient (Wildman–Crippen LogP) is 1.74. The summed E-state index contributed by atoms with van der Waals surface area (Å²) in [6.07, 6.45) is 0.661. The van der Waals surface area contributed by atoms with E-state index in [1.807, 2.05) is 24.3 Å². The Morgan fingerprint density at radius 1 is 1.29 bits per heavy atom. The molecule has 110 valence electrons. The lowest BCUT2D eigenvalue weighted by Gasteiger charge is -2.18. The van der Waals surface area contributed by atoms with Crippen molar-refractivity contribution in [1.29, 1.82) is 0 Å². The molecular formula is C16H18N2O3. The highest BCUT2D eigenvalue weighted by Crippen LogP contribution is 2.23. The van der Waals surface area contributed by atoms with Gasteiger partial charge in [0, 0.05) is 12.0 Å². The fourth-order valence-electron chi connectivity index (χ4n) is 2.42. The molecule has 0 atom stereocenters. The number of aromatic nitrogens is 2. The lowest BCUT2D eigenvalue weighted by molar-refractivity contribution is 0.0786. The average molecular weight is 286 g/mol. The van der Waals surface area contributed by atoms with E-state index in [1.54, 1.807) is 13.8 Å². The third kappa shape index (κ3) is 2.75. The fraction of sp³-hybridized carbons (Fsp3) is 0.375. The highest BCUT2D eigenvalue weighted by Gasteiger charge is 2.18. The number of benzene rings is 1. The van der Waals surface area contributed by atoms with Crippen LogP contribution in [0.25, 0.3) is 11.4 Å². The summed E-state index contributed by atoms with van der Waals surface area (Å²) in [7, 11) is 0. The third-order valence-electron chi connectivity index (χ3n) is 3.70. The Morgan fingerprint density at radius 2 is 2.00 bits per heavy atom. The first-order valence-electron chi connectivity index (χ1n) is 6.98. The molecule has 5 nitrogen and oxygen atoms in total. The molecule has 0 spiro atoms. The first-order valence-corrected chi connectivity index (χ1v) is 6.98. The number of rotatable bonds is 2. The number of hydrogen-bond acceptors (Lipinski definition) is 4. The normalized spacial score (nSPS) is 14.8. The minimum atomic E-state index is -0.882. The molecule has 0 fully saturated rings. The van der Waals surface area contributed by atoms with Gasteiger partial charge in [-0.05, 0) is 19.4 Å². The molecule has 0 saturated carbocycles. The van der Waals surface area contributed by atoms with Crippen molar-refractivity contribution in [3.8, 4) is 11.4 Å². The summed E-state index contributed by atoms with van der Waals surface area (Å²) in [6, 6.07) is 7.41. The van der Waals surface area contributed by atoms with Gasteiger partial charge in [-0.2, -0.15) is 0 Å². The average Bonchev–Trinajstić information content (AvgIpc) is 2.46. The number of nitrogens with one attached hydrogen (secondary N) is 1. The minimum Gasteiger partial charge on any atom is -0.386 e. The maximum absolute atomic E-state index is 12.1. The predicted molar refractivity (Wildman–Crippen MR) is 78.9 cm³/mol. The minimum absolute atomic E-state index is 0.138. The summed E-state index contributed by atoms with van der Waals surface area (Å²) in [4.78, 5) is 19.4. The van der Waals surface area contributed by atoms with E-state index in [9.17, 15) is 9.90 Å². The highest BCUT2D eigenvalue weighted by atomic mass is 16.5. The Balaban J connectivity index is 2.01. The van der Waals surface area contributed by atoms with Crippen LogP contribution in [0.2, 0.25) is 0 Å². The maximum Gasteiger partial charge on any atom is 0.256 e. The number of nitrogens with zero attached hydrogens (tertiary/aromatic N) is 1. The molecule has 1 aliphatic rings. The van der Waals surface area contributed by atoms with Crippen LogP contribution in [0.15, 0.2) is 29.1 Å². The molecule has 5 heteroatoms. The van der Waals surface area contributed by atoms with Crippen molar-refractivity contribution < 1.29 is 9.84 Å². The van der Waals surface area contributed by atoms with Crippen molar-refractivity contribution in [1.82, 2.24) is 9.97 Å². The lowest BCUT2D eigenvalue weighted by atomic mass is 9.97. The van der Waals surface area contributed by atoms with Crippen LogP contribution < -0.4 is 5.56 Å². The van der Waals surface area contributed by atoms with Crippen LogP contribution in [-0.2, 0) is 23.4 Å². The number of H-pyrrole nitrogens is 1. The molecule has 0 bridgehead atoms. The Hall–Kier alpha value is -1.98. The molecular weight excluding hydrogens is 268 g/mol. The highest BCUT2D eigenvalue weighted by molar-refractivity contribution is 5.56. The summed E-state index contributed by atoms with van der Waals surface area (Å²) < 4.78 is 5.29. The van der Waals surface area contributed by atoms with Crippen LogP contribution in [0.4, 0.5) is 0 Å². The zero-order valence-corrected chi connectivity index (χ0v) is 12.1. The second kappa shape index (κ2) is 5.09. The molecule has 2 aromatic rings. The summed E-state index contributed by atoms with van der Waals surface area (Å²) in [6.45, 7) is 4.40. The van der Waals surface area contributed by atoms with E-state index in [0.29, 0.717) is 31.0 Å². The van der Waals surface area contributed by atoms with Gasteiger partial charge in [0.15, 0.2) is 0 Å². The van der Waals surface area contributed by atoms with Gasteiger partial charge in [-0.1, -0.05) is 24.3 Å². The van der Waals surface area contributed by atoms with Gasteiger partial charge in [-0.3, -0.25) is 4.79 Å². The van der Waals surface area contributed by atoms with E-state index in [-0.39, 0.29) is 5.56 Å².